The molecule has 9 nitrogen and oxygen atoms in total. The Balaban J connectivity index is 1.78. The number of imidazole rings is 1. The molecule has 0 aliphatic carbocycles. The van der Waals surface area contributed by atoms with Crippen molar-refractivity contribution in [2.24, 2.45) is 0 Å². The van der Waals surface area contributed by atoms with E-state index in [2.05, 4.69) is 10.1 Å². The minimum Gasteiger partial charge on any atom is -0.493 e. The lowest BCUT2D eigenvalue weighted by Gasteiger charge is -2.13. The Kier molecular flexibility index (Phi) is 4.77. The van der Waals surface area contributed by atoms with E-state index in [9.17, 15) is 10.1 Å². The highest BCUT2D eigenvalue weighted by Gasteiger charge is 2.20. The third-order valence-electron chi connectivity index (χ3n) is 4.33. The monoisotopic (exact) mass is 412 g/mol. The van der Waals surface area contributed by atoms with Crippen LogP contribution in [0.3, 0.4) is 0 Å². The van der Waals surface area contributed by atoms with E-state index in [1.165, 1.54) is 17.4 Å². The molecule has 4 aromatic rings. The van der Waals surface area contributed by atoms with Gasteiger partial charge in [-0.25, -0.2) is 9.50 Å². The van der Waals surface area contributed by atoms with Gasteiger partial charge in [0.25, 0.3) is 5.69 Å². The smallest absolute Gasteiger partial charge is 0.278 e. The van der Waals surface area contributed by atoms with Gasteiger partial charge in [-0.15, -0.1) is 0 Å². The zero-order valence-corrected chi connectivity index (χ0v) is 16.6. The summed E-state index contributed by atoms with van der Waals surface area (Å²) < 4.78 is 17.7. The highest BCUT2D eigenvalue weighted by atomic mass is 32.1. The minimum absolute atomic E-state index is 0.00287. The highest BCUT2D eigenvalue weighted by molar-refractivity contribution is 7.19. The van der Waals surface area contributed by atoms with Crippen LogP contribution in [-0.4, -0.2) is 40.9 Å². The molecule has 10 heteroatoms. The summed E-state index contributed by atoms with van der Waals surface area (Å²) in [5, 5.41) is 16.5. The molecule has 0 amide bonds. The fourth-order valence-electron chi connectivity index (χ4n) is 3.00. The Morgan fingerprint density at radius 3 is 2.34 bits per heavy atom. The van der Waals surface area contributed by atoms with Crippen LogP contribution in [-0.2, 0) is 0 Å². The van der Waals surface area contributed by atoms with Crippen LogP contribution < -0.4 is 14.2 Å². The summed E-state index contributed by atoms with van der Waals surface area (Å²) in [6, 6.07) is 10.1. The number of nitro groups is 1. The Morgan fingerprint density at radius 2 is 1.76 bits per heavy atom. The Hall–Kier alpha value is -3.66. The van der Waals surface area contributed by atoms with Crippen LogP contribution in [0.4, 0.5) is 5.69 Å². The summed E-state index contributed by atoms with van der Waals surface area (Å²) in [5.41, 5.74) is 1.72. The van der Waals surface area contributed by atoms with Gasteiger partial charge in [-0.3, -0.25) is 10.1 Å². The molecule has 0 unspecified atom stereocenters. The molecule has 0 aliphatic rings. The van der Waals surface area contributed by atoms with Crippen molar-refractivity contribution < 1.29 is 19.1 Å². The molecule has 2 aromatic carbocycles. The van der Waals surface area contributed by atoms with Gasteiger partial charge in [0.05, 0.1) is 43.7 Å². The van der Waals surface area contributed by atoms with Gasteiger partial charge < -0.3 is 14.2 Å². The maximum atomic E-state index is 11.3. The Labute approximate surface area is 169 Å². The van der Waals surface area contributed by atoms with Gasteiger partial charge in [0, 0.05) is 11.6 Å². The summed E-state index contributed by atoms with van der Waals surface area (Å²) in [5.74, 6) is 1.55. The first-order valence-electron chi connectivity index (χ1n) is 8.46. The van der Waals surface area contributed by atoms with Gasteiger partial charge in [-0.1, -0.05) is 23.5 Å². The maximum absolute atomic E-state index is 11.3. The summed E-state index contributed by atoms with van der Waals surface area (Å²) >= 11 is 1.35. The van der Waals surface area contributed by atoms with Crippen molar-refractivity contribution in [2.45, 2.75) is 0 Å². The van der Waals surface area contributed by atoms with Gasteiger partial charge in [0.1, 0.15) is 5.01 Å². The summed E-state index contributed by atoms with van der Waals surface area (Å²) in [4.78, 5) is 16.0. The molecule has 0 fully saturated rings. The number of aromatic nitrogens is 3. The number of hydrogen-bond acceptors (Lipinski definition) is 8. The van der Waals surface area contributed by atoms with E-state index in [0.29, 0.717) is 38.5 Å². The predicted octanol–water partition coefficient (Wildman–Crippen LogP) is 4.06. The van der Waals surface area contributed by atoms with E-state index in [0.717, 1.165) is 5.56 Å². The van der Waals surface area contributed by atoms with Crippen LogP contribution >= 0.6 is 11.3 Å². The molecule has 2 heterocycles. The molecule has 0 aliphatic heterocycles. The van der Waals surface area contributed by atoms with Crippen molar-refractivity contribution in [1.82, 2.24) is 14.6 Å². The zero-order chi connectivity index (χ0) is 20.5. The second-order valence-corrected chi connectivity index (χ2v) is 6.90. The summed E-state index contributed by atoms with van der Waals surface area (Å²) in [7, 11) is 4.64. The highest BCUT2D eigenvalue weighted by Crippen LogP contribution is 2.42. The third kappa shape index (κ3) is 3.23. The number of rotatable bonds is 6. The van der Waals surface area contributed by atoms with E-state index in [1.807, 2.05) is 12.1 Å². The molecule has 2 aromatic heterocycles. The van der Waals surface area contributed by atoms with Crippen LogP contribution in [0.25, 0.3) is 26.8 Å². The number of ether oxygens (including phenoxy) is 3. The Bertz CT molecular complexity index is 1160. The lowest BCUT2D eigenvalue weighted by molar-refractivity contribution is -0.384. The van der Waals surface area contributed by atoms with Crippen LogP contribution in [0.15, 0.2) is 42.6 Å². The maximum Gasteiger partial charge on any atom is 0.278 e. The first-order chi connectivity index (χ1) is 14.0. The van der Waals surface area contributed by atoms with Crippen molar-refractivity contribution in [3.63, 3.8) is 0 Å². The molecule has 29 heavy (non-hydrogen) atoms. The van der Waals surface area contributed by atoms with Crippen molar-refractivity contribution >= 4 is 22.0 Å². The summed E-state index contributed by atoms with van der Waals surface area (Å²) in [6.45, 7) is 0. The molecule has 0 saturated carbocycles. The standard InChI is InChI=1S/C19H16N4O5S/c1-26-15-8-11(9-16(27-2)17(15)28-3)18-21-22-10-13(20-19(22)29-18)12-6-4-5-7-14(12)23(24)25/h4-10H,1-3H3. The van der Waals surface area contributed by atoms with Gasteiger partial charge in [-0.2, -0.15) is 5.10 Å². The number of hydrogen-bond donors (Lipinski definition) is 0. The van der Waals surface area contributed by atoms with Crippen molar-refractivity contribution in [3.05, 3.63) is 52.7 Å². The van der Waals surface area contributed by atoms with E-state index >= 15 is 0 Å². The minimum atomic E-state index is -0.419. The number of fused-ring (bicyclic) bond motifs is 1. The third-order valence-corrected chi connectivity index (χ3v) is 5.30. The van der Waals surface area contributed by atoms with Crippen LogP contribution in [0, 0.1) is 10.1 Å². The quantitative estimate of drug-likeness (QED) is 0.348. The molecule has 148 valence electrons. The molecule has 0 atom stereocenters. The number of methoxy groups -OCH3 is 3. The lowest BCUT2D eigenvalue weighted by atomic mass is 10.1. The molecular formula is C19H16N4O5S. The van der Waals surface area contributed by atoms with Crippen molar-refractivity contribution in [3.8, 4) is 39.1 Å². The zero-order valence-electron chi connectivity index (χ0n) is 15.8. The molecule has 0 radical (unpaired) electrons. The number of benzene rings is 2. The Morgan fingerprint density at radius 1 is 1.07 bits per heavy atom. The normalized spacial score (nSPS) is 10.9. The molecule has 0 spiro atoms. The second kappa shape index (κ2) is 7.40. The first kappa shape index (κ1) is 18.7. The second-order valence-electron chi connectivity index (χ2n) is 5.95. The first-order valence-corrected chi connectivity index (χ1v) is 9.27. The van der Waals surface area contributed by atoms with E-state index in [4.69, 9.17) is 14.2 Å². The molecule has 0 N–H and O–H groups in total. The topological polar surface area (TPSA) is 101 Å². The van der Waals surface area contributed by atoms with Crippen molar-refractivity contribution in [1.29, 1.82) is 0 Å². The van der Waals surface area contributed by atoms with Crippen LogP contribution in [0.5, 0.6) is 17.2 Å². The molecule has 4 rings (SSSR count). The average molecular weight is 412 g/mol. The van der Waals surface area contributed by atoms with Crippen LogP contribution in [0.2, 0.25) is 0 Å². The molecular weight excluding hydrogens is 396 g/mol. The summed E-state index contributed by atoms with van der Waals surface area (Å²) in [6.07, 6.45) is 1.68. The fraction of sp³-hybridized carbons (Fsp3) is 0.158. The van der Waals surface area contributed by atoms with Crippen LogP contribution in [0.1, 0.15) is 0 Å². The van der Waals surface area contributed by atoms with E-state index < -0.39 is 4.92 Å². The molecule has 0 bridgehead atoms. The van der Waals surface area contributed by atoms with Gasteiger partial charge in [0.2, 0.25) is 10.7 Å². The largest absolute Gasteiger partial charge is 0.493 e. The average Bonchev–Trinajstić information content (AvgIpc) is 3.31. The fourth-order valence-corrected chi connectivity index (χ4v) is 3.87. The van der Waals surface area contributed by atoms with Crippen molar-refractivity contribution in [2.75, 3.05) is 21.3 Å². The van der Waals surface area contributed by atoms with Gasteiger partial charge >= 0.3 is 0 Å². The number of nitrogens with zero attached hydrogens (tertiary/aromatic N) is 4. The van der Waals surface area contributed by atoms with E-state index in [-0.39, 0.29) is 5.69 Å². The van der Waals surface area contributed by atoms with Gasteiger partial charge in [-0.05, 0) is 18.2 Å². The lowest BCUT2D eigenvalue weighted by Crippen LogP contribution is -1.95. The number of nitro benzene ring substituents is 1. The van der Waals surface area contributed by atoms with Gasteiger partial charge in [0.15, 0.2) is 11.5 Å². The SMILES string of the molecule is COc1cc(-c2nn3cc(-c4ccccc4[N+](=O)[O-])nc3s2)cc(OC)c1OC. The number of para-hydroxylation sites is 1. The van der Waals surface area contributed by atoms with E-state index in [1.54, 1.807) is 50.2 Å². The predicted molar refractivity (Wildman–Crippen MR) is 108 cm³/mol. The molecule has 0 saturated heterocycles.